The molecule has 2 heterocycles. The van der Waals surface area contributed by atoms with E-state index in [-0.39, 0.29) is 12.1 Å². The van der Waals surface area contributed by atoms with Gasteiger partial charge in [-0.15, -0.1) is 0 Å². The summed E-state index contributed by atoms with van der Waals surface area (Å²) in [4.78, 5) is 14.7. The van der Waals surface area contributed by atoms with Crippen molar-refractivity contribution in [1.29, 1.82) is 0 Å². The van der Waals surface area contributed by atoms with Gasteiger partial charge in [0.15, 0.2) is 0 Å². The SMILES string of the molecule is CC(C)(C)OC(=O)N[C@H]1C[C@@H]2CC[C@H](C1)N(Cc1ccccc1)C2. The number of hydrogen-bond acceptors (Lipinski definition) is 3. The zero-order valence-electron chi connectivity index (χ0n) is 15.1. The highest BCUT2D eigenvalue weighted by atomic mass is 16.6. The minimum atomic E-state index is -0.437. The van der Waals surface area contributed by atoms with Crippen molar-refractivity contribution in [3.8, 4) is 0 Å². The van der Waals surface area contributed by atoms with Crippen LogP contribution in [0.2, 0.25) is 0 Å². The molecule has 0 unspecified atom stereocenters. The van der Waals surface area contributed by atoms with Crippen LogP contribution in [0.3, 0.4) is 0 Å². The number of carbonyl (C=O) groups excluding carboxylic acids is 1. The van der Waals surface area contributed by atoms with E-state index in [2.05, 4.69) is 40.5 Å². The summed E-state index contributed by atoms with van der Waals surface area (Å²) < 4.78 is 5.43. The molecule has 3 fully saturated rings. The van der Waals surface area contributed by atoms with Crippen LogP contribution < -0.4 is 5.32 Å². The first-order valence-electron chi connectivity index (χ1n) is 9.16. The van der Waals surface area contributed by atoms with Crippen molar-refractivity contribution in [2.45, 2.75) is 70.7 Å². The summed E-state index contributed by atoms with van der Waals surface area (Å²) in [6, 6.07) is 11.5. The van der Waals surface area contributed by atoms with Gasteiger partial charge in [-0.05, 0) is 57.9 Å². The number of piperidine rings is 1. The van der Waals surface area contributed by atoms with Gasteiger partial charge in [0, 0.05) is 25.2 Å². The quantitative estimate of drug-likeness (QED) is 0.912. The molecule has 2 aliphatic heterocycles. The third-order valence-electron chi connectivity index (χ3n) is 5.04. The van der Waals surface area contributed by atoms with Crippen molar-refractivity contribution < 1.29 is 9.53 Å². The van der Waals surface area contributed by atoms with Crippen LogP contribution in [0, 0.1) is 5.92 Å². The lowest BCUT2D eigenvalue weighted by atomic mass is 9.94. The Hall–Kier alpha value is -1.55. The molecule has 2 saturated heterocycles. The molecule has 0 aromatic heterocycles. The van der Waals surface area contributed by atoms with E-state index in [1.807, 2.05) is 20.8 Å². The second-order valence-corrected chi connectivity index (χ2v) is 8.33. The van der Waals surface area contributed by atoms with Gasteiger partial charge >= 0.3 is 6.09 Å². The van der Waals surface area contributed by atoms with E-state index in [1.165, 1.54) is 18.4 Å². The minimum absolute atomic E-state index is 0.234. The Morgan fingerprint density at radius 1 is 1.21 bits per heavy atom. The summed E-state index contributed by atoms with van der Waals surface area (Å²) in [5.41, 5.74) is 0.939. The van der Waals surface area contributed by atoms with Gasteiger partial charge in [0.05, 0.1) is 0 Å². The van der Waals surface area contributed by atoms with Gasteiger partial charge < -0.3 is 10.1 Å². The lowest BCUT2D eigenvalue weighted by molar-refractivity contribution is 0.0496. The molecular weight excluding hydrogens is 300 g/mol. The molecule has 1 aromatic rings. The fraction of sp³-hybridized carbons (Fsp3) is 0.650. The van der Waals surface area contributed by atoms with Gasteiger partial charge in [-0.25, -0.2) is 4.79 Å². The number of nitrogens with one attached hydrogen (secondary N) is 1. The number of fused-ring (bicyclic) bond motifs is 4. The van der Waals surface area contributed by atoms with Crippen molar-refractivity contribution in [3.05, 3.63) is 35.9 Å². The van der Waals surface area contributed by atoms with Gasteiger partial charge in [-0.1, -0.05) is 30.3 Å². The molecule has 3 atom stereocenters. The Kier molecular flexibility index (Phi) is 5.14. The Bertz CT molecular complexity index is 553. The second-order valence-electron chi connectivity index (χ2n) is 8.33. The van der Waals surface area contributed by atoms with Crippen LogP contribution in [0.25, 0.3) is 0 Å². The molecule has 2 bridgehead atoms. The molecule has 132 valence electrons. The second kappa shape index (κ2) is 7.14. The number of ether oxygens (including phenoxy) is 1. The molecule has 4 nitrogen and oxygen atoms in total. The number of alkyl carbamates (subject to hydrolysis) is 1. The summed E-state index contributed by atoms with van der Waals surface area (Å²) >= 11 is 0. The van der Waals surface area contributed by atoms with Crippen LogP contribution in [-0.2, 0) is 11.3 Å². The average molecular weight is 330 g/mol. The van der Waals surface area contributed by atoms with E-state index in [0.29, 0.717) is 12.0 Å². The summed E-state index contributed by atoms with van der Waals surface area (Å²) in [6.07, 6.45) is 4.35. The van der Waals surface area contributed by atoms with E-state index in [9.17, 15) is 4.79 Å². The molecular formula is C20H30N2O2. The van der Waals surface area contributed by atoms with Crippen LogP contribution in [0.4, 0.5) is 4.79 Å². The van der Waals surface area contributed by atoms with Crippen molar-refractivity contribution >= 4 is 6.09 Å². The smallest absolute Gasteiger partial charge is 0.407 e. The van der Waals surface area contributed by atoms with Crippen LogP contribution >= 0.6 is 0 Å². The number of amides is 1. The Balaban J connectivity index is 1.60. The molecule has 1 N–H and O–H groups in total. The summed E-state index contributed by atoms with van der Waals surface area (Å²) in [6.45, 7) is 7.88. The molecule has 3 aliphatic rings. The zero-order valence-corrected chi connectivity index (χ0v) is 15.1. The van der Waals surface area contributed by atoms with Crippen molar-refractivity contribution in [2.75, 3.05) is 6.54 Å². The first-order chi connectivity index (χ1) is 11.4. The molecule has 1 aliphatic carbocycles. The lowest BCUT2D eigenvalue weighted by Crippen LogP contribution is -2.42. The topological polar surface area (TPSA) is 41.6 Å². The maximum absolute atomic E-state index is 12.1. The lowest BCUT2D eigenvalue weighted by Gasteiger charge is -2.36. The minimum Gasteiger partial charge on any atom is -0.444 e. The predicted molar refractivity (Wildman–Crippen MR) is 95.8 cm³/mol. The molecule has 24 heavy (non-hydrogen) atoms. The van der Waals surface area contributed by atoms with Crippen molar-refractivity contribution in [1.82, 2.24) is 10.2 Å². The average Bonchev–Trinajstić information content (AvgIpc) is 2.76. The molecule has 0 radical (unpaired) electrons. The van der Waals surface area contributed by atoms with Crippen molar-refractivity contribution in [2.24, 2.45) is 5.92 Å². The Labute approximate surface area is 145 Å². The van der Waals surface area contributed by atoms with E-state index in [4.69, 9.17) is 4.74 Å². The van der Waals surface area contributed by atoms with E-state index >= 15 is 0 Å². The maximum atomic E-state index is 12.1. The molecule has 4 rings (SSSR count). The van der Waals surface area contributed by atoms with E-state index < -0.39 is 5.60 Å². The normalized spacial score (nSPS) is 27.5. The number of benzene rings is 1. The van der Waals surface area contributed by atoms with Crippen LogP contribution in [0.1, 0.15) is 52.0 Å². The molecule has 0 spiro atoms. The Morgan fingerprint density at radius 2 is 1.96 bits per heavy atom. The van der Waals surface area contributed by atoms with E-state index in [0.717, 1.165) is 25.9 Å². The summed E-state index contributed by atoms with van der Waals surface area (Å²) in [7, 11) is 0. The molecule has 4 heteroatoms. The monoisotopic (exact) mass is 330 g/mol. The first kappa shape index (κ1) is 17.3. The van der Waals surface area contributed by atoms with E-state index in [1.54, 1.807) is 0 Å². The van der Waals surface area contributed by atoms with Crippen LogP contribution in [-0.4, -0.2) is 35.2 Å². The predicted octanol–water partition coefficient (Wildman–Crippen LogP) is 3.95. The number of hydrogen-bond donors (Lipinski definition) is 1. The van der Waals surface area contributed by atoms with Crippen LogP contribution in [0.5, 0.6) is 0 Å². The zero-order chi connectivity index (χ0) is 17.2. The van der Waals surface area contributed by atoms with Crippen LogP contribution in [0.15, 0.2) is 30.3 Å². The number of rotatable bonds is 3. The summed E-state index contributed by atoms with van der Waals surface area (Å²) in [5.74, 6) is 0.674. The number of nitrogens with zero attached hydrogens (tertiary/aromatic N) is 1. The third kappa shape index (κ3) is 4.73. The highest BCUT2D eigenvalue weighted by molar-refractivity contribution is 5.68. The highest BCUT2D eigenvalue weighted by Gasteiger charge is 2.36. The highest BCUT2D eigenvalue weighted by Crippen LogP contribution is 2.34. The molecule has 1 aromatic carbocycles. The van der Waals surface area contributed by atoms with Crippen molar-refractivity contribution in [3.63, 3.8) is 0 Å². The Morgan fingerprint density at radius 3 is 2.67 bits per heavy atom. The third-order valence-corrected chi connectivity index (χ3v) is 5.04. The van der Waals surface area contributed by atoms with Gasteiger partial charge in [0.2, 0.25) is 0 Å². The fourth-order valence-corrected chi connectivity index (χ4v) is 4.07. The molecule has 1 amide bonds. The van der Waals surface area contributed by atoms with Gasteiger partial charge in [-0.2, -0.15) is 0 Å². The maximum Gasteiger partial charge on any atom is 0.407 e. The fourth-order valence-electron chi connectivity index (χ4n) is 4.07. The summed E-state index contributed by atoms with van der Waals surface area (Å²) in [5, 5.41) is 3.11. The van der Waals surface area contributed by atoms with Gasteiger partial charge in [0.25, 0.3) is 0 Å². The first-order valence-corrected chi connectivity index (χ1v) is 9.16. The van der Waals surface area contributed by atoms with Gasteiger partial charge in [0.1, 0.15) is 5.60 Å². The number of carbonyl (C=O) groups is 1. The largest absolute Gasteiger partial charge is 0.444 e. The molecule has 1 saturated carbocycles. The van der Waals surface area contributed by atoms with Gasteiger partial charge in [-0.3, -0.25) is 4.90 Å². The standard InChI is InChI=1S/C20H30N2O2/c1-20(2,3)24-19(23)21-17-11-16-9-10-18(12-17)22(14-16)13-15-7-5-4-6-8-15/h4-8,16-18H,9-14H2,1-3H3,(H,21,23)/t16-,17-,18+/m0/s1.